The van der Waals surface area contributed by atoms with Gasteiger partial charge in [0.1, 0.15) is 0 Å². The van der Waals surface area contributed by atoms with Crippen molar-refractivity contribution in [2.75, 3.05) is 4.90 Å². The maximum atomic E-state index is 2.52. The van der Waals surface area contributed by atoms with Crippen LogP contribution in [-0.2, 0) is 5.41 Å². The number of aromatic nitrogens is 1. The lowest BCUT2D eigenvalue weighted by molar-refractivity contribution is 0.775. The lowest BCUT2D eigenvalue weighted by atomic mass is 9.66. The van der Waals surface area contributed by atoms with E-state index < -0.39 is 5.41 Å². The molecule has 286 valence electrons. The van der Waals surface area contributed by atoms with Crippen molar-refractivity contribution in [1.82, 2.24) is 4.57 Å². The van der Waals surface area contributed by atoms with Gasteiger partial charge in [0, 0.05) is 27.7 Å². The lowest BCUT2D eigenvalue weighted by Crippen LogP contribution is -2.29. The molecule has 0 N–H and O–H groups in total. The Kier molecular flexibility index (Phi) is 8.11. The number of benzene rings is 10. The van der Waals surface area contributed by atoms with Crippen molar-refractivity contribution in [3.05, 3.63) is 265 Å². The zero-order valence-corrected chi connectivity index (χ0v) is 33.5. The largest absolute Gasteiger partial charge is 0.309 e. The minimum Gasteiger partial charge on any atom is -0.309 e. The Balaban J connectivity index is 1.21. The molecule has 2 nitrogen and oxygen atoms in total. The SMILES string of the molecule is c1ccc(-c2ccccc2N(c2ccc3c(c2)C(c2ccccc2)(c2ccccc2)c2c-3ccc3ccccc23)c2cccc3c2c2ccccc2n3-c2ccccc2)cc1. The maximum absolute atomic E-state index is 2.52. The molecule has 0 aliphatic heterocycles. The molecule has 11 aromatic rings. The molecule has 0 bridgehead atoms. The van der Waals surface area contributed by atoms with Gasteiger partial charge in [-0.3, -0.25) is 0 Å². The molecule has 0 saturated heterocycles. The number of rotatable bonds is 7. The Labute approximate surface area is 355 Å². The van der Waals surface area contributed by atoms with Gasteiger partial charge in [-0.1, -0.05) is 194 Å². The second kappa shape index (κ2) is 14.1. The fourth-order valence-electron chi connectivity index (χ4n) is 10.4. The van der Waals surface area contributed by atoms with Crippen molar-refractivity contribution in [1.29, 1.82) is 0 Å². The van der Waals surface area contributed by atoms with Crippen LogP contribution in [0.3, 0.4) is 0 Å². The zero-order valence-electron chi connectivity index (χ0n) is 33.5. The fraction of sp³-hybridized carbons (Fsp3) is 0.0169. The first kappa shape index (κ1) is 35.0. The summed E-state index contributed by atoms with van der Waals surface area (Å²) in [5.74, 6) is 0. The summed E-state index contributed by atoms with van der Waals surface area (Å²) in [7, 11) is 0. The molecule has 0 amide bonds. The number of anilines is 3. The highest BCUT2D eigenvalue weighted by Crippen LogP contribution is 2.59. The number of fused-ring (bicyclic) bond motifs is 8. The number of hydrogen-bond donors (Lipinski definition) is 0. The van der Waals surface area contributed by atoms with Gasteiger partial charge >= 0.3 is 0 Å². The summed E-state index contributed by atoms with van der Waals surface area (Å²) in [6.45, 7) is 0. The Morgan fingerprint density at radius 1 is 0.377 bits per heavy atom. The van der Waals surface area contributed by atoms with Gasteiger partial charge in [-0.15, -0.1) is 0 Å². The predicted octanol–water partition coefficient (Wildman–Crippen LogP) is 15.4. The monoisotopic (exact) mass is 776 g/mol. The Hall–Kier alpha value is -7.94. The summed E-state index contributed by atoms with van der Waals surface area (Å²) >= 11 is 0. The standard InChI is InChI=1S/C59H40N2/c1-5-20-41(21-6-1)47-29-15-17-32-53(47)61(56-35-19-34-55-57(56)51-31-16-18-33-54(51)60(55)45-27-11-4-12-28-45)46-37-39-49-50-38-36-42-22-13-14-30-48(42)58(50)59(52(49)40-46,43-23-7-2-8-24-43)44-25-9-3-10-26-44/h1-40H. The highest BCUT2D eigenvalue weighted by Gasteiger charge is 2.47. The molecular weight excluding hydrogens is 737 g/mol. The molecule has 61 heavy (non-hydrogen) atoms. The van der Waals surface area contributed by atoms with Crippen LogP contribution in [-0.4, -0.2) is 4.57 Å². The predicted molar refractivity (Wildman–Crippen MR) is 256 cm³/mol. The van der Waals surface area contributed by atoms with Crippen LogP contribution >= 0.6 is 0 Å². The van der Waals surface area contributed by atoms with Crippen LogP contribution in [0.2, 0.25) is 0 Å². The molecule has 1 heterocycles. The average molecular weight is 777 g/mol. The smallest absolute Gasteiger partial charge is 0.0720 e. The van der Waals surface area contributed by atoms with Crippen LogP contribution < -0.4 is 4.90 Å². The highest BCUT2D eigenvalue weighted by atomic mass is 15.2. The van der Waals surface area contributed by atoms with Crippen molar-refractivity contribution in [2.24, 2.45) is 0 Å². The average Bonchev–Trinajstić information content (AvgIpc) is 3.84. The van der Waals surface area contributed by atoms with E-state index in [1.54, 1.807) is 0 Å². The van der Waals surface area contributed by atoms with Crippen LogP contribution in [0.25, 0.3) is 60.5 Å². The van der Waals surface area contributed by atoms with E-state index in [-0.39, 0.29) is 0 Å². The first-order valence-electron chi connectivity index (χ1n) is 21.1. The van der Waals surface area contributed by atoms with Crippen molar-refractivity contribution in [3.63, 3.8) is 0 Å². The minimum atomic E-state index is -0.593. The third-order valence-corrected chi connectivity index (χ3v) is 12.8. The molecule has 2 heteroatoms. The van der Waals surface area contributed by atoms with Crippen LogP contribution in [0.4, 0.5) is 17.1 Å². The molecular formula is C59H40N2. The molecule has 1 aromatic heterocycles. The van der Waals surface area contributed by atoms with E-state index in [9.17, 15) is 0 Å². The van der Waals surface area contributed by atoms with Gasteiger partial charge in [0.15, 0.2) is 0 Å². The fourth-order valence-corrected chi connectivity index (χ4v) is 10.4. The van der Waals surface area contributed by atoms with Gasteiger partial charge < -0.3 is 9.47 Å². The highest BCUT2D eigenvalue weighted by molar-refractivity contribution is 6.17. The van der Waals surface area contributed by atoms with Crippen LogP contribution in [0.1, 0.15) is 22.3 Å². The van der Waals surface area contributed by atoms with Gasteiger partial charge in [0.2, 0.25) is 0 Å². The summed E-state index contributed by atoms with van der Waals surface area (Å²) < 4.78 is 2.41. The zero-order chi connectivity index (χ0) is 40.3. The Morgan fingerprint density at radius 2 is 0.951 bits per heavy atom. The minimum absolute atomic E-state index is 0.593. The summed E-state index contributed by atoms with van der Waals surface area (Å²) in [5, 5.41) is 4.93. The second-order valence-corrected chi connectivity index (χ2v) is 16.0. The van der Waals surface area contributed by atoms with Crippen molar-refractivity contribution >= 4 is 49.6 Å². The van der Waals surface area contributed by atoms with Crippen LogP contribution in [0, 0.1) is 0 Å². The first-order chi connectivity index (χ1) is 30.3. The number of para-hydroxylation sites is 3. The van der Waals surface area contributed by atoms with Crippen molar-refractivity contribution < 1.29 is 0 Å². The molecule has 0 spiro atoms. The van der Waals surface area contributed by atoms with E-state index in [1.165, 1.54) is 71.6 Å². The van der Waals surface area contributed by atoms with Crippen molar-refractivity contribution in [2.45, 2.75) is 5.41 Å². The van der Waals surface area contributed by atoms with Gasteiger partial charge in [0.05, 0.1) is 27.8 Å². The molecule has 0 radical (unpaired) electrons. The van der Waals surface area contributed by atoms with E-state index in [1.807, 2.05) is 0 Å². The van der Waals surface area contributed by atoms with E-state index in [0.717, 1.165) is 28.3 Å². The van der Waals surface area contributed by atoms with Crippen LogP contribution in [0.15, 0.2) is 243 Å². The second-order valence-electron chi connectivity index (χ2n) is 16.0. The number of hydrogen-bond acceptors (Lipinski definition) is 1. The first-order valence-corrected chi connectivity index (χ1v) is 21.1. The topological polar surface area (TPSA) is 8.17 Å². The quantitative estimate of drug-likeness (QED) is 0.156. The molecule has 0 saturated carbocycles. The lowest BCUT2D eigenvalue weighted by Gasteiger charge is -2.36. The van der Waals surface area contributed by atoms with E-state index in [2.05, 4.69) is 252 Å². The molecule has 0 atom stereocenters. The summed E-state index contributed by atoms with van der Waals surface area (Å²) in [6.07, 6.45) is 0. The molecule has 1 aliphatic rings. The van der Waals surface area contributed by atoms with Gasteiger partial charge in [0.25, 0.3) is 0 Å². The maximum Gasteiger partial charge on any atom is 0.0720 e. The van der Waals surface area contributed by atoms with E-state index in [4.69, 9.17) is 0 Å². The van der Waals surface area contributed by atoms with Gasteiger partial charge in [-0.05, 0) is 98.2 Å². The molecule has 1 aliphatic carbocycles. The number of nitrogens with zero attached hydrogens (tertiary/aromatic N) is 2. The summed E-state index contributed by atoms with van der Waals surface area (Å²) in [6, 6.07) is 89.2. The van der Waals surface area contributed by atoms with Crippen LogP contribution in [0.5, 0.6) is 0 Å². The third-order valence-electron chi connectivity index (χ3n) is 12.8. The Bertz CT molecular complexity index is 3360. The Morgan fingerprint density at radius 3 is 1.70 bits per heavy atom. The third kappa shape index (κ3) is 5.29. The molecule has 0 unspecified atom stereocenters. The molecule has 10 aromatic carbocycles. The van der Waals surface area contributed by atoms with E-state index >= 15 is 0 Å². The molecule has 12 rings (SSSR count). The van der Waals surface area contributed by atoms with Crippen molar-refractivity contribution in [3.8, 4) is 27.9 Å². The summed E-state index contributed by atoms with van der Waals surface area (Å²) in [5.41, 5.74) is 16.2. The van der Waals surface area contributed by atoms with E-state index in [0.29, 0.717) is 0 Å². The van der Waals surface area contributed by atoms with Gasteiger partial charge in [-0.25, -0.2) is 0 Å². The molecule has 0 fully saturated rings. The van der Waals surface area contributed by atoms with Gasteiger partial charge in [-0.2, -0.15) is 0 Å². The normalized spacial score (nSPS) is 12.7. The summed E-state index contributed by atoms with van der Waals surface area (Å²) in [4.78, 5) is 2.52.